The molecule has 0 heterocycles. The Balaban J connectivity index is 2.70. The molecule has 0 fully saturated rings. The van der Waals surface area contributed by atoms with Gasteiger partial charge in [0.2, 0.25) is 0 Å². The van der Waals surface area contributed by atoms with Crippen molar-refractivity contribution in [3.63, 3.8) is 0 Å². The van der Waals surface area contributed by atoms with Crippen molar-refractivity contribution in [1.29, 1.82) is 0 Å². The van der Waals surface area contributed by atoms with E-state index in [0.717, 1.165) is 0 Å². The van der Waals surface area contributed by atoms with Gasteiger partial charge < -0.3 is 15.2 Å². The summed E-state index contributed by atoms with van der Waals surface area (Å²) in [4.78, 5) is 0. The van der Waals surface area contributed by atoms with Crippen LogP contribution in [0.1, 0.15) is 13.8 Å². The van der Waals surface area contributed by atoms with Gasteiger partial charge in [0.15, 0.2) is 0 Å². The molecule has 1 aromatic carbocycles. The van der Waals surface area contributed by atoms with Crippen molar-refractivity contribution < 1.29 is 13.9 Å². The van der Waals surface area contributed by atoms with Crippen LogP contribution in [0, 0.1) is 5.82 Å². The van der Waals surface area contributed by atoms with Crippen molar-refractivity contribution in [3.05, 3.63) is 24.0 Å². The van der Waals surface area contributed by atoms with Gasteiger partial charge in [0, 0.05) is 24.2 Å². The van der Waals surface area contributed by atoms with Crippen LogP contribution in [0.25, 0.3) is 0 Å². The van der Waals surface area contributed by atoms with Gasteiger partial charge in [0.25, 0.3) is 0 Å². The molecule has 0 amide bonds. The van der Waals surface area contributed by atoms with Gasteiger partial charge in [0.1, 0.15) is 23.9 Å². The van der Waals surface area contributed by atoms with Crippen LogP contribution in [0.5, 0.6) is 11.5 Å². The summed E-state index contributed by atoms with van der Waals surface area (Å²) in [5.74, 6) is 0.536. The zero-order chi connectivity index (χ0) is 11.3. The second-order valence-corrected chi connectivity index (χ2v) is 3.34. The molecule has 0 radical (unpaired) electrons. The lowest BCUT2D eigenvalue weighted by Gasteiger charge is -2.10. The molecule has 1 unspecified atom stereocenters. The van der Waals surface area contributed by atoms with Crippen LogP contribution >= 0.6 is 0 Å². The van der Waals surface area contributed by atoms with Gasteiger partial charge in [-0.2, -0.15) is 0 Å². The highest BCUT2D eigenvalue weighted by atomic mass is 19.1. The average molecular weight is 213 g/mol. The summed E-state index contributed by atoms with van der Waals surface area (Å²) < 4.78 is 23.6. The number of benzene rings is 1. The van der Waals surface area contributed by atoms with Crippen LogP contribution < -0.4 is 15.2 Å². The average Bonchev–Trinajstić information content (AvgIpc) is 2.14. The smallest absolute Gasteiger partial charge is 0.130 e. The maximum Gasteiger partial charge on any atom is 0.130 e. The third-order valence-electron chi connectivity index (χ3n) is 1.67. The van der Waals surface area contributed by atoms with Gasteiger partial charge in [0.05, 0.1) is 6.61 Å². The molecule has 4 heteroatoms. The molecular weight excluding hydrogens is 197 g/mol. The normalized spacial score (nSPS) is 12.3. The summed E-state index contributed by atoms with van der Waals surface area (Å²) in [6, 6.07) is 4.20. The molecule has 1 atom stereocenters. The zero-order valence-electron chi connectivity index (χ0n) is 9.00. The molecule has 0 aromatic heterocycles. The highest BCUT2D eigenvalue weighted by Gasteiger charge is 2.03. The Morgan fingerprint density at radius 1 is 1.27 bits per heavy atom. The van der Waals surface area contributed by atoms with Crippen molar-refractivity contribution in [1.82, 2.24) is 0 Å². The van der Waals surface area contributed by atoms with E-state index in [-0.39, 0.29) is 11.9 Å². The van der Waals surface area contributed by atoms with Gasteiger partial charge in [-0.15, -0.1) is 0 Å². The summed E-state index contributed by atoms with van der Waals surface area (Å²) in [7, 11) is 0. The quantitative estimate of drug-likeness (QED) is 0.813. The van der Waals surface area contributed by atoms with E-state index >= 15 is 0 Å². The van der Waals surface area contributed by atoms with Crippen molar-refractivity contribution in [2.24, 2.45) is 5.73 Å². The van der Waals surface area contributed by atoms with Gasteiger partial charge in [-0.1, -0.05) is 0 Å². The maximum absolute atomic E-state index is 13.1. The Hall–Kier alpha value is -1.29. The highest BCUT2D eigenvalue weighted by molar-refractivity contribution is 5.34. The summed E-state index contributed by atoms with van der Waals surface area (Å²) in [6.07, 6.45) is 0. The van der Waals surface area contributed by atoms with Crippen LogP contribution in [0.2, 0.25) is 0 Å². The molecular formula is C11H16FNO2. The number of hydrogen-bond donors (Lipinski definition) is 1. The standard InChI is InChI=1S/C11H16FNO2/c1-3-14-10-4-9(12)5-11(6-10)15-7-8(2)13/h4-6,8H,3,7,13H2,1-2H3. The number of nitrogens with two attached hydrogens (primary N) is 1. The Kier molecular flexibility index (Phi) is 4.37. The van der Waals surface area contributed by atoms with Gasteiger partial charge in [-0.25, -0.2) is 4.39 Å². The van der Waals surface area contributed by atoms with E-state index in [1.807, 2.05) is 13.8 Å². The maximum atomic E-state index is 13.1. The van der Waals surface area contributed by atoms with Gasteiger partial charge >= 0.3 is 0 Å². The summed E-state index contributed by atoms with van der Waals surface area (Å²) >= 11 is 0. The first-order chi connectivity index (χ1) is 7.11. The highest BCUT2D eigenvalue weighted by Crippen LogP contribution is 2.22. The lowest BCUT2D eigenvalue weighted by Crippen LogP contribution is -2.23. The molecule has 1 rings (SSSR count). The minimum Gasteiger partial charge on any atom is -0.494 e. The Morgan fingerprint density at radius 2 is 1.87 bits per heavy atom. The predicted molar refractivity (Wildman–Crippen MR) is 56.7 cm³/mol. The lowest BCUT2D eigenvalue weighted by atomic mass is 10.3. The van der Waals surface area contributed by atoms with Crippen LogP contribution in [-0.2, 0) is 0 Å². The van der Waals surface area contributed by atoms with Crippen molar-refractivity contribution in [3.8, 4) is 11.5 Å². The topological polar surface area (TPSA) is 44.5 Å². The summed E-state index contributed by atoms with van der Waals surface area (Å²) in [6.45, 7) is 4.52. The largest absolute Gasteiger partial charge is 0.494 e. The third-order valence-corrected chi connectivity index (χ3v) is 1.67. The molecule has 0 aliphatic rings. The molecule has 84 valence electrons. The molecule has 0 bridgehead atoms. The van der Waals surface area contributed by atoms with Crippen LogP contribution in [0.15, 0.2) is 18.2 Å². The fourth-order valence-electron chi connectivity index (χ4n) is 1.10. The van der Waals surface area contributed by atoms with Crippen LogP contribution in [-0.4, -0.2) is 19.3 Å². The number of hydrogen-bond acceptors (Lipinski definition) is 3. The second-order valence-electron chi connectivity index (χ2n) is 3.34. The van der Waals surface area contributed by atoms with Crippen LogP contribution in [0.3, 0.4) is 0 Å². The van der Waals surface area contributed by atoms with Gasteiger partial charge in [-0.05, 0) is 13.8 Å². The number of rotatable bonds is 5. The minimum atomic E-state index is -0.374. The zero-order valence-corrected chi connectivity index (χ0v) is 9.00. The molecule has 0 aliphatic carbocycles. The van der Waals surface area contributed by atoms with Gasteiger partial charge in [-0.3, -0.25) is 0 Å². The van der Waals surface area contributed by atoms with Crippen molar-refractivity contribution in [2.75, 3.05) is 13.2 Å². The predicted octanol–water partition coefficient (Wildman–Crippen LogP) is 1.95. The molecule has 15 heavy (non-hydrogen) atoms. The first kappa shape index (κ1) is 11.8. The van der Waals surface area contributed by atoms with E-state index in [1.54, 1.807) is 6.07 Å². The molecule has 0 saturated carbocycles. The second kappa shape index (κ2) is 5.56. The molecule has 1 aromatic rings. The molecule has 0 spiro atoms. The monoisotopic (exact) mass is 213 g/mol. The fraction of sp³-hybridized carbons (Fsp3) is 0.455. The minimum absolute atomic E-state index is 0.0798. The van der Waals surface area contributed by atoms with Crippen molar-refractivity contribution >= 4 is 0 Å². The number of halogens is 1. The molecule has 0 saturated heterocycles. The van der Waals surface area contributed by atoms with E-state index in [0.29, 0.717) is 24.7 Å². The lowest BCUT2D eigenvalue weighted by molar-refractivity contribution is 0.289. The van der Waals surface area contributed by atoms with Crippen LogP contribution in [0.4, 0.5) is 4.39 Å². The van der Waals surface area contributed by atoms with E-state index < -0.39 is 0 Å². The summed E-state index contributed by atoms with van der Waals surface area (Å²) in [5, 5.41) is 0. The van der Waals surface area contributed by atoms with Crippen molar-refractivity contribution in [2.45, 2.75) is 19.9 Å². The third kappa shape index (κ3) is 4.16. The fourth-order valence-corrected chi connectivity index (χ4v) is 1.10. The Bertz CT molecular complexity index is 315. The Labute approximate surface area is 89.0 Å². The molecule has 0 aliphatic heterocycles. The van der Waals surface area contributed by atoms with E-state index in [2.05, 4.69) is 0 Å². The van der Waals surface area contributed by atoms with E-state index in [9.17, 15) is 4.39 Å². The Morgan fingerprint density at radius 3 is 2.40 bits per heavy atom. The summed E-state index contributed by atoms with van der Waals surface area (Å²) in [5.41, 5.74) is 5.53. The molecule has 3 nitrogen and oxygen atoms in total. The molecule has 2 N–H and O–H groups in total. The SMILES string of the molecule is CCOc1cc(F)cc(OCC(C)N)c1. The van der Waals surface area contributed by atoms with E-state index in [1.165, 1.54) is 12.1 Å². The number of ether oxygens (including phenoxy) is 2. The first-order valence-corrected chi connectivity index (χ1v) is 4.93. The first-order valence-electron chi connectivity index (χ1n) is 4.93. The van der Waals surface area contributed by atoms with E-state index in [4.69, 9.17) is 15.2 Å².